The van der Waals surface area contributed by atoms with Crippen molar-refractivity contribution in [1.82, 2.24) is 0 Å². The van der Waals surface area contributed by atoms with Crippen LogP contribution in [0.15, 0.2) is 69.9 Å². The van der Waals surface area contributed by atoms with E-state index in [0.29, 0.717) is 33.0 Å². The van der Waals surface area contributed by atoms with Crippen molar-refractivity contribution in [2.24, 2.45) is 0 Å². The maximum absolute atomic E-state index is 12.6. The topological polar surface area (TPSA) is 59.3 Å². The van der Waals surface area contributed by atoms with Crippen LogP contribution in [0.25, 0.3) is 22.3 Å². The number of carbonyl (C=O) groups excluding carboxylic acids is 1. The molecule has 3 aromatic carbocycles. The maximum atomic E-state index is 12.6. The minimum absolute atomic E-state index is 0.0869. The molecule has 0 saturated heterocycles. The van der Waals surface area contributed by atoms with Crippen molar-refractivity contribution in [2.75, 3.05) is 5.32 Å². The molecule has 0 saturated carbocycles. The number of hydrogen-bond donors (Lipinski definition) is 1. The number of fused-ring (bicyclic) bond motifs is 1. The number of nitrogens with one attached hydrogen (secondary N) is 1. The van der Waals surface area contributed by atoms with Crippen LogP contribution in [0.1, 0.15) is 27.0 Å². The van der Waals surface area contributed by atoms with E-state index in [2.05, 4.69) is 5.32 Å². The van der Waals surface area contributed by atoms with E-state index < -0.39 is 0 Å². The van der Waals surface area contributed by atoms with E-state index in [4.69, 9.17) is 16.0 Å². The van der Waals surface area contributed by atoms with E-state index in [0.717, 1.165) is 22.3 Å². The quantitative estimate of drug-likeness (QED) is 0.426. The predicted octanol–water partition coefficient (Wildman–Crippen LogP) is 6.29. The number of amides is 1. The summed E-state index contributed by atoms with van der Waals surface area (Å²) in [6, 6.07) is 17.6. The average Bonchev–Trinajstić information content (AvgIpc) is 2.71. The summed E-state index contributed by atoms with van der Waals surface area (Å²) < 4.78 is 6.02. The molecule has 30 heavy (non-hydrogen) atoms. The van der Waals surface area contributed by atoms with Gasteiger partial charge in [-0.25, -0.2) is 0 Å². The molecule has 1 heterocycles. The molecule has 0 atom stereocenters. The fourth-order valence-corrected chi connectivity index (χ4v) is 3.59. The van der Waals surface area contributed by atoms with Gasteiger partial charge in [-0.05, 0) is 67.8 Å². The number of halogens is 1. The lowest BCUT2D eigenvalue weighted by atomic mass is 10.1. The van der Waals surface area contributed by atoms with Crippen molar-refractivity contribution in [3.8, 4) is 11.3 Å². The van der Waals surface area contributed by atoms with Crippen molar-refractivity contribution < 1.29 is 9.21 Å². The van der Waals surface area contributed by atoms with E-state index in [1.54, 1.807) is 36.4 Å². The van der Waals surface area contributed by atoms with Gasteiger partial charge in [-0.1, -0.05) is 35.9 Å². The largest absolute Gasteiger partial charge is 0.456 e. The van der Waals surface area contributed by atoms with Crippen molar-refractivity contribution in [3.63, 3.8) is 0 Å². The highest BCUT2D eigenvalue weighted by molar-refractivity contribution is 6.31. The first-order valence-corrected chi connectivity index (χ1v) is 9.92. The van der Waals surface area contributed by atoms with E-state index in [1.165, 1.54) is 6.07 Å². The van der Waals surface area contributed by atoms with E-state index in [-0.39, 0.29) is 11.3 Å². The fourth-order valence-electron chi connectivity index (χ4n) is 3.41. The highest BCUT2D eigenvalue weighted by atomic mass is 35.5. The lowest BCUT2D eigenvalue weighted by Crippen LogP contribution is -2.11. The Morgan fingerprint density at radius 3 is 2.33 bits per heavy atom. The van der Waals surface area contributed by atoms with Gasteiger partial charge in [0.2, 0.25) is 0 Å². The zero-order valence-electron chi connectivity index (χ0n) is 16.9. The molecule has 1 amide bonds. The molecule has 0 aliphatic heterocycles. The molecular weight excluding hydrogens is 398 g/mol. The smallest absolute Gasteiger partial charge is 0.255 e. The van der Waals surface area contributed by atoms with Gasteiger partial charge in [0.25, 0.3) is 5.91 Å². The molecular formula is C25H20ClNO3. The number of rotatable bonds is 3. The molecule has 0 bridgehead atoms. The highest BCUT2D eigenvalue weighted by Gasteiger charge is 2.12. The number of aryl methyl sites for hydroxylation is 3. The van der Waals surface area contributed by atoms with Crippen molar-refractivity contribution in [3.05, 3.63) is 98.2 Å². The third-order valence-electron chi connectivity index (χ3n) is 5.02. The summed E-state index contributed by atoms with van der Waals surface area (Å²) in [7, 11) is 0. The Morgan fingerprint density at radius 2 is 1.63 bits per heavy atom. The molecule has 0 spiro atoms. The van der Waals surface area contributed by atoms with Crippen molar-refractivity contribution >= 4 is 34.2 Å². The van der Waals surface area contributed by atoms with Crippen molar-refractivity contribution in [1.29, 1.82) is 0 Å². The molecule has 1 N–H and O–H groups in total. The number of benzene rings is 3. The van der Waals surface area contributed by atoms with Gasteiger partial charge >= 0.3 is 0 Å². The summed E-state index contributed by atoms with van der Waals surface area (Å²) in [5, 5.41) is 4.01. The summed E-state index contributed by atoms with van der Waals surface area (Å²) in [6.45, 7) is 5.78. The van der Waals surface area contributed by atoms with Gasteiger partial charge in [0.1, 0.15) is 11.3 Å². The van der Waals surface area contributed by atoms with Crippen LogP contribution in [-0.4, -0.2) is 5.91 Å². The lowest BCUT2D eigenvalue weighted by Gasteiger charge is -2.09. The van der Waals surface area contributed by atoms with Gasteiger partial charge in [0.15, 0.2) is 5.43 Å². The monoisotopic (exact) mass is 417 g/mol. The molecule has 4 rings (SSSR count). The SMILES string of the molecule is Cc1cc(C)c2oc(-c3ccc(C(=O)Nc4ccc(C)c(Cl)c4)cc3)cc(=O)c2c1. The van der Waals surface area contributed by atoms with Gasteiger partial charge in [0, 0.05) is 27.9 Å². The third-order valence-corrected chi connectivity index (χ3v) is 5.43. The highest BCUT2D eigenvalue weighted by Crippen LogP contribution is 2.26. The number of anilines is 1. The minimum atomic E-state index is -0.243. The van der Waals surface area contributed by atoms with Gasteiger partial charge in [0.05, 0.1) is 5.39 Å². The molecule has 0 aliphatic rings. The molecule has 0 radical (unpaired) electrons. The van der Waals surface area contributed by atoms with Crippen LogP contribution in [0.2, 0.25) is 5.02 Å². The summed E-state index contributed by atoms with van der Waals surface area (Å²) in [6.07, 6.45) is 0. The van der Waals surface area contributed by atoms with Crippen molar-refractivity contribution in [2.45, 2.75) is 20.8 Å². The molecule has 0 fully saturated rings. The predicted molar refractivity (Wildman–Crippen MR) is 122 cm³/mol. The summed E-state index contributed by atoms with van der Waals surface area (Å²) in [5.41, 5.74) is 5.22. The standard InChI is InChI=1S/C25H20ClNO3/c1-14-10-16(3)24-20(11-14)22(28)13-23(30-24)17-5-7-18(8-6-17)25(29)27-19-9-4-15(2)21(26)12-19/h4-13H,1-3H3,(H,27,29). The lowest BCUT2D eigenvalue weighted by molar-refractivity contribution is 0.102. The average molecular weight is 418 g/mol. The van der Waals surface area contributed by atoms with Gasteiger partial charge < -0.3 is 9.73 Å². The van der Waals surface area contributed by atoms with Crippen LogP contribution in [0.4, 0.5) is 5.69 Å². The summed E-state index contributed by atoms with van der Waals surface area (Å²) in [4.78, 5) is 25.1. The van der Waals surface area contributed by atoms with Crippen LogP contribution >= 0.6 is 11.6 Å². The molecule has 5 heteroatoms. The molecule has 0 aliphatic carbocycles. The van der Waals surface area contributed by atoms with E-state index in [9.17, 15) is 9.59 Å². The molecule has 0 unspecified atom stereocenters. The second-order valence-electron chi connectivity index (χ2n) is 7.43. The van der Waals surface area contributed by atoms with Crippen LogP contribution in [0.5, 0.6) is 0 Å². The van der Waals surface area contributed by atoms with E-state index in [1.807, 2.05) is 39.0 Å². The first-order valence-electron chi connectivity index (χ1n) is 9.55. The molecule has 4 nitrogen and oxygen atoms in total. The second kappa shape index (κ2) is 7.81. The second-order valence-corrected chi connectivity index (χ2v) is 7.84. The normalized spacial score (nSPS) is 10.9. The Labute approximate surface area is 179 Å². The Bertz CT molecular complexity index is 1340. The fraction of sp³-hybridized carbons (Fsp3) is 0.120. The molecule has 4 aromatic rings. The molecule has 1 aromatic heterocycles. The van der Waals surface area contributed by atoms with Crippen LogP contribution < -0.4 is 10.7 Å². The first kappa shape index (κ1) is 19.9. The summed E-state index contributed by atoms with van der Waals surface area (Å²) in [5.74, 6) is 0.226. The Hall–Kier alpha value is -3.37. The Balaban J connectivity index is 1.62. The first-order chi connectivity index (χ1) is 14.3. The number of carbonyl (C=O) groups is 1. The van der Waals surface area contributed by atoms with Crippen LogP contribution in [0.3, 0.4) is 0 Å². The van der Waals surface area contributed by atoms with Gasteiger partial charge in [-0.3, -0.25) is 9.59 Å². The Kier molecular flexibility index (Phi) is 5.18. The maximum Gasteiger partial charge on any atom is 0.255 e. The minimum Gasteiger partial charge on any atom is -0.456 e. The summed E-state index contributed by atoms with van der Waals surface area (Å²) >= 11 is 6.12. The van der Waals surface area contributed by atoms with Gasteiger partial charge in [-0.2, -0.15) is 0 Å². The number of hydrogen-bond acceptors (Lipinski definition) is 3. The molecule has 150 valence electrons. The third kappa shape index (κ3) is 3.87. The van der Waals surface area contributed by atoms with Crippen LogP contribution in [-0.2, 0) is 0 Å². The van der Waals surface area contributed by atoms with Gasteiger partial charge in [-0.15, -0.1) is 0 Å². The zero-order chi connectivity index (χ0) is 21.4. The zero-order valence-corrected chi connectivity index (χ0v) is 17.6. The van der Waals surface area contributed by atoms with Crippen LogP contribution in [0, 0.1) is 20.8 Å². The van der Waals surface area contributed by atoms with E-state index >= 15 is 0 Å². The Morgan fingerprint density at radius 1 is 0.900 bits per heavy atom.